The van der Waals surface area contributed by atoms with Gasteiger partial charge in [-0.2, -0.15) is 0 Å². The number of aliphatic carboxylic acids is 2. The van der Waals surface area contributed by atoms with E-state index in [1.807, 2.05) is 19.2 Å². The lowest BCUT2D eigenvalue weighted by molar-refractivity contribution is -0.147. The first-order valence-electron chi connectivity index (χ1n) is 8.69. The van der Waals surface area contributed by atoms with Crippen molar-refractivity contribution in [2.45, 2.75) is 51.2 Å². The molecule has 0 radical (unpaired) electrons. The van der Waals surface area contributed by atoms with Crippen LogP contribution in [0.5, 0.6) is 0 Å². The molecule has 3 atom stereocenters. The number of hydrogen-bond acceptors (Lipinski definition) is 7. The highest BCUT2D eigenvalue weighted by Gasteiger charge is 2.29. The van der Waals surface area contributed by atoms with Crippen molar-refractivity contribution in [1.29, 1.82) is 0 Å². The Hall–Kier alpha value is -3.22. The van der Waals surface area contributed by atoms with Gasteiger partial charge in [-0.05, 0) is 12.3 Å². The monoisotopic (exact) mass is 417 g/mol. The van der Waals surface area contributed by atoms with Gasteiger partial charge in [-0.15, -0.1) is 0 Å². The number of rotatable bonds is 13. The number of primary amides is 1. The molecule has 3 unspecified atom stereocenters. The minimum absolute atomic E-state index is 0.154. The van der Waals surface area contributed by atoms with Crippen LogP contribution in [-0.4, -0.2) is 70.5 Å². The van der Waals surface area contributed by atoms with Gasteiger partial charge in [0.2, 0.25) is 23.6 Å². The van der Waals surface area contributed by atoms with E-state index in [-0.39, 0.29) is 5.92 Å². The van der Waals surface area contributed by atoms with E-state index in [0.717, 1.165) is 0 Å². The first-order chi connectivity index (χ1) is 13.3. The zero-order chi connectivity index (χ0) is 22.7. The van der Waals surface area contributed by atoms with Crippen molar-refractivity contribution in [1.82, 2.24) is 16.0 Å². The topological polar surface area (TPSA) is 231 Å². The number of carboxylic acid groups (broad SMARTS) is 2. The molecule has 0 heterocycles. The van der Waals surface area contributed by atoms with E-state index >= 15 is 0 Å². The summed E-state index contributed by atoms with van der Waals surface area (Å²) in [7, 11) is 0. The summed E-state index contributed by atoms with van der Waals surface area (Å²) in [5.74, 6) is -6.47. The number of nitrogens with one attached hydrogen (secondary N) is 3. The fourth-order valence-corrected chi connectivity index (χ4v) is 2.22. The summed E-state index contributed by atoms with van der Waals surface area (Å²) in [6.45, 7) is 3.17. The van der Waals surface area contributed by atoms with Crippen LogP contribution in [0.25, 0.3) is 0 Å². The number of nitrogens with two attached hydrogens (primary N) is 2. The third-order valence-corrected chi connectivity index (χ3v) is 3.54. The predicted molar refractivity (Wildman–Crippen MR) is 98.0 cm³/mol. The molecule has 0 saturated heterocycles. The molecule has 13 heteroatoms. The molecule has 0 aliphatic carbocycles. The van der Waals surface area contributed by atoms with Gasteiger partial charge >= 0.3 is 11.9 Å². The van der Waals surface area contributed by atoms with Gasteiger partial charge in [0.25, 0.3) is 0 Å². The molecule has 0 aromatic rings. The highest BCUT2D eigenvalue weighted by Crippen LogP contribution is 2.02. The number of hydrogen-bond donors (Lipinski definition) is 7. The summed E-state index contributed by atoms with van der Waals surface area (Å²) in [5.41, 5.74) is 10.7. The molecule has 0 aliphatic rings. The first kappa shape index (κ1) is 25.8. The van der Waals surface area contributed by atoms with E-state index in [0.29, 0.717) is 6.42 Å². The molecule has 0 aliphatic heterocycles. The Balaban J connectivity index is 4.92. The number of carboxylic acids is 2. The molecular weight excluding hydrogens is 390 g/mol. The lowest BCUT2D eigenvalue weighted by atomic mass is 10.0. The van der Waals surface area contributed by atoms with E-state index in [2.05, 4.69) is 10.6 Å². The fourth-order valence-electron chi connectivity index (χ4n) is 2.22. The second-order valence-corrected chi connectivity index (χ2v) is 6.74. The molecule has 13 nitrogen and oxygen atoms in total. The maximum atomic E-state index is 12.2. The average molecular weight is 417 g/mol. The predicted octanol–water partition coefficient (Wildman–Crippen LogP) is -3.12. The number of amides is 4. The average Bonchev–Trinajstić information content (AvgIpc) is 2.56. The Morgan fingerprint density at radius 2 is 1.48 bits per heavy atom. The molecule has 0 bridgehead atoms. The maximum absolute atomic E-state index is 12.2. The van der Waals surface area contributed by atoms with Crippen molar-refractivity contribution >= 4 is 35.6 Å². The normalized spacial score (nSPS) is 13.7. The Bertz CT molecular complexity index is 651. The standard InChI is InChI=1S/C16H27N5O8/c1-7(2)3-8(17)14(26)19-6-12(23)20-9(4-11(18)22)15(27)21-10(16(28)29)5-13(24)25/h7-10H,3-6,17H2,1-2H3,(H2,18,22)(H,19,26)(H,20,23)(H,21,27)(H,24,25)(H,28,29). The molecule has 9 N–H and O–H groups in total. The highest BCUT2D eigenvalue weighted by atomic mass is 16.4. The second kappa shape index (κ2) is 12.3. The molecule has 4 amide bonds. The summed E-state index contributed by atoms with van der Waals surface area (Å²) >= 11 is 0. The van der Waals surface area contributed by atoms with Gasteiger partial charge in [-0.25, -0.2) is 4.79 Å². The Labute approximate surface area is 166 Å². The third-order valence-electron chi connectivity index (χ3n) is 3.54. The van der Waals surface area contributed by atoms with Crippen LogP contribution in [0.4, 0.5) is 0 Å². The van der Waals surface area contributed by atoms with E-state index < -0.39 is 73.1 Å². The zero-order valence-corrected chi connectivity index (χ0v) is 16.1. The molecular formula is C16H27N5O8. The Kier molecular flexibility index (Phi) is 10.9. The lowest BCUT2D eigenvalue weighted by Gasteiger charge is -2.20. The van der Waals surface area contributed by atoms with Crippen molar-refractivity contribution in [3.63, 3.8) is 0 Å². The van der Waals surface area contributed by atoms with Crippen LogP contribution in [0, 0.1) is 5.92 Å². The third kappa shape index (κ3) is 11.3. The van der Waals surface area contributed by atoms with Crippen molar-refractivity contribution in [2.24, 2.45) is 17.4 Å². The van der Waals surface area contributed by atoms with Crippen LogP contribution in [0.1, 0.15) is 33.1 Å². The largest absolute Gasteiger partial charge is 0.481 e. The summed E-state index contributed by atoms with van der Waals surface area (Å²) in [6, 6.07) is -4.17. The van der Waals surface area contributed by atoms with Gasteiger partial charge in [0.1, 0.15) is 12.1 Å². The van der Waals surface area contributed by atoms with Crippen molar-refractivity contribution in [3.8, 4) is 0 Å². The van der Waals surface area contributed by atoms with Crippen LogP contribution in [-0.2, 0) is 28.8 Å². The van der Waals surface area contributed by atoms with Crippen LogP contribution >= 0.6 is 0 Å². The van der Waals surface area contributed by atoms with E-state index in [9.17, 15) is 28.8 Å². The maximum Gasteiger partial charge on any atom is 0.326 e. The van der Waals surface area contributed by atoms with Crippen LogP contribution in [0.2, 0.25) is 0 Å². The quantitative estimate of drug-likeness (QED) is 0.160. The van der Waals surface area contributed by atoms with Gasteiger partial charge < -0.3 is 37.6 Å². The number of carbonyl (C=O) groups excluding carboxylic acids is 4. The van der Waals surface area contributed by atoms with Gasteiger partial charge in [0, 0.05) is 0 Å². The SMILES string of the molecule is CC(C)CC(N)C(=O)NCC(=O)NC(CC(N)=O)C(=O)NC(CC(=O)O)C(=O)O. The van der Waals surface area contributed by atoms with E-state index in [4.69, 9.17) is 21.7 Å². The molecule has 0 aromatic carbocycles. The zero-order valence-electron chi connectivity index (χ0n) is 16.1. The summed E-state index contributed by atoms with van der Waals surface area (Å²) in [6.07, 6.45) is -1.19. The Morgan fingerprint density at radius 1 is 0.897 bits per heavy atom. The minimum atomic E-state index is -1.78. The fraction of sp³-hybridized carbons (Fsp3) is 0.625. The smallest absolute Gasteiger partial charge is 0.326 e. The molecule has 0 aromatic heterocycles. The van der Waals surface area contributed by atoms with Crippen LogP contribution < -0.4 is 27.4 Å². The van der Waals surface area contributed by atoms with Crippen molar-refractivity contribution in [2.75, 3.05) is 6.54 Å². The summed E-state index contributed by atoms with van der Waals surface area (Å²) < 4.78 is 0. The summed E-state index contributed by atoms with van der Waals surface area (Å²) in [4.78, 5) is 68.8. The number of carbonyl (C=O) groups is 6. The molecule has 0 rings (SSSR count). The molecule has 0 saturated carbocycles. The summed E-state index contributed by atoms with van der Waals surface area (Å²) in [5, 5.41) is 24.0. The Morgan fingerprint density at radius 3 is 1.93 bits per heavy atom. The highest BCUT2D eigenvalue weighted by molar-refractivity contribution is 5.95. The first-order valence-corrected chi connectivity index (χ1v) is 8.69. The second-order valence-electron chi connectivity index (χ2n) is 6.74. The van der Waals surface area contributed by atoms with Gasteiger partial charge in [0.05, 0.1) is 25.4 Å². The van der Waals surface area contributed by atoms with Crippen molar-refractivity contribution < 1.29 is 39.0 Å². The minimum Gasteiger partial charge on any atom is -0.481 e. The molecule has 0 fully saturated rings. The van der Waals surface area contributed by atoms with Crippen LogP contribution in [0.3, 0.4) is 0 Å². The molecule has 29 heavy (non-hydrogen) atoms. The lowest BCUT2D eigenvalue weighted by Crippen LogP contribution is -2.55. The van der Waals surface area contributed by atoms with Crippen LogP contribution in [0.15, 0.2) is 0 Å². The molecule has 164 valence electrons. The van der Waals surface area contributed by atoms with E-state index in [1.165, 1.54) is 0 Å². The molecule has 0 spiro atoms. The van der Waals surface area contributed by atoms with Gasteiger partial charge in [-0.1, -0.05) is 13.8 Å². The van der Waals surface area contributed by atoms with Gasteiger partial charge in [0.15, 0.2) is 0 Å². The van der Waals surface area contributed by atoms with Gasteiger partial charge in [-0.3, -0.25) is 24.0 Å². The van der Waals surface area contributed by atoms with Crippen molar-refractivity contribution in [3.05, 3.63) is 0 Å². The van der Waals surface area contributed by atoms with E-state index in [1.54, 1.807) is 0 Å².